The van der Waals surface area contributed by atoms with Crippen LogP contribution in [0.2, 0.25) is 5.02 Å². The van der Waals surface area contributed by atoms with Gasteiger partial charge in [0.25, 0.3) is 0 Å². The summed E-state index contributed by atoms with van der Waals surface area (Å²) in [6.07, 6.45) is 3.31. The number of rotatable bonds is 3. The van der Waals surface area contributed by atoms with E-state index in [1.807, 2.05) is 18.2 Å². The van der Waals surface area contributed by atoms with E-state index in [-0.39, 0.29) is 17.3 Å². The lowest BCUT2D eigenvalue weighted by Gasteiger charge is -1.94. The number of oxazole rings is 1. The number of nitrogens with zero attached hydrogens (tertiary/aromatic N) is 1. The Morgan fingerprint density at radius 3 is 2.72 bits per heavy atom. The third-order valence-electron chi connectivity index (χ3n) is 2.33. The van der Waals surface area contributed by atoms with Crippen molar-refractivity contribution in [3.05, 3.63) is 52.2 Å². The average molecular weight is 264 g/mol. The molecule has 0 bridgehead atoms. The maximum atomic E-state index is 10.8. The average Bonchev–Trinajstić information content (AvgIpc) is 2.70. The zero-order valence-corrected chi connectivity index (χ0v) is 10.3. The summed E-state index contributed by atoms with van der Waals surface area (Å²) in [7, 11) is 0. The van der Waals surface area contributed by atoms with Crippen LogP contribution in [0.5, 0.6) is 0 Å². The molecule has 0 aliphatic rings. The van der Waals surface area contributed by atoms with E-state index in [1.165, 1.54) is 0 Å². The van der Waals surface area contributed by atoms with Gasteiger partial charge in [0, 0.05) is 11.1 Å². The maximum absolute atomic E-state index is 10.8. The standard InChI is InChI=1S/C13H10ClNO3/c1-8-12(13(16)17)15-11(18-8)7-6-9-4-2-3-5-10(9)14/h2-7H,1H3,(H,16,17)/b7-6+. The molecule has 1 aromatic heterocycles. The first-order valence-corrected chi connectivity index (χ1v) is 5.59. The Hall–Kier alpha value is -2.07. The summed E-state index contributed by atoms with van der Waals surface area (Å²) in [4.78, 5) is 14.7. The molecule has 1 N–H and O–H groups in total. The molecular weight excluding hydrogens is 254 g/mol. The summed E-state index contributed by atoms with van der Waals surface area (Å²) in [5.74, 6) is -0.584. The molecule has 0 atom stereocenters. The third-order valence-corrected chi connectivity index (χ3v) is 2.67. The molecule has 0 radical (unpaired) electrons. The van der Waals surface area contributed by atoms with Crippen molar-refractivity contribution in [3.63, 3.8) is 0 Å². The predicted octanol–water partition coefficient (Wildman–Crippen LogP) is 3.51. The van der Waals surface area contributed by atoms with Crippen molar-refractivity contribution < 1.29 is 14.3 Å². The number of hydrogen-bond acceptors (Lipinski definition) is 3. The van der Waals surface area contributed by atoms with Crippen molar-refractivity contribution in [1.82, 2.24) is 4.98 Å². The van der Waals surface area contributed by atoms with Crippen LogP contribution in [0, 0.1) is 6.92 Å². The molecule has 0 aliphatic carbocycles. The summed E-state index contributed by atoms with van der Waals surface area (Å²) in [5.41, 5.74) is 0.737. The number of carbonyl (C=O) groups is 1. The zero-order valence-electron chi connectivity index (χ0n) is 9.55. The van der Waals surface area contributed by atoms with Gasteiger partial charge in [0.05, 0.1) is 0 Å². The van der Waals surface area contributed by atoms with E-state index in [9.17, 15) is 4.79 Å². The van der Waals surface area contributed by atoms with Gasteiger partial charge in [-0.15, -0.1) is 0 Å². The number of carboxylic acid groups (broad SMARTS) is 1. The van der Waals surface area contributed by atoms with Gasteiger partial charge in [-0.05, 0) is 24.6 Å². The SMILES string of the molecule is Cc1oc(/C=C/c2ccccc2Cl)nc1C(=O)O. The molecule has 0 saturated heterocycles. The van der Waals surface area contributed by atoms with Gasteiger partial charge in [-0.2, -0.15) is 0 Å². The molecule has 4 nitrogen and oxygen atoms in total. The number of aromatic carboxylic acids is 1. The fourth-order valence-electron chi connectivity index (χ4n) is 1.46. The van der Waals surface area contributed by atoms with Crippen LogP contribution in [0.3, 0.4) is 0 Å². The number of aromatic nitrogens is 1. The molecule has 18 heavy (non-hydrogen) atoms. The van der Waals surface area contributed by atoms with E-state index in [0.29, 0.717) is 5.02 Å². The van der Waals surface area contributed by atoms with Crippen LogP contribution >= 0.6 is 11.6 Å². The number of halogens is 1. The van der Waals surface area contributed by atoms with E-state index in [2.05, 4.69) is 4.98 Å². The van der Waals surface area contributed by atoms with E-state index < -0.39 is 5.97 Å². The van der Waals surface area contributed by atoms with Gasteiger partial charge in [0.1, 0.15) is 5.76 Å². The second-order valence-electron chi connectivity index (χ2n) is 3.62. The smallest absolute Gasteiger partial charge is 0.358 e. The molecule has 1 aromatic carbocycles. The van der Waals surface area contributed by atoms with Crippen molar-refractivity contribution in [2.24, 2.45) is 0 Å². The second kappa shape index (κ2) is 5.06. The van der Waals surface area contributed by atoms with Gasteiger partial charge >= 0.3 is 5.97 Å². The summed E-state index contributed by atoms with van der Waals surface area (Å²) >= 11 is 5.98. The Morgan fingerprint density at radius 1 is 1.39 bits per heavy atom. The highest BCUT2D eigenvalue weighted by Gasteiger charge is 2.14. The molecule has 2 aromatic rings. The number of hydrogen-bond donors (Lipinski definition) is 1. The molecule has 0 unspecified atom stereocenters. The van der Waals surface area contributed by atoms with Crippen LogP contribution in [-0.4, -0.2) is 16.1 Å². The third kappa shape index (κ3) is 2.60. The minimum Gasteiger partial charge on any atom is -0.476 e. The number of aryl methyl sites for hydroxylation is 1. The number of carboxylic acids is 1. The van der Waals surface area contributed by atoms with Crippen LogP contribution in [-0.2, 0) is 0 Å². The van der Waals surface area contributed by atoms with Gasteiger partial charge < -0.3 is 9.52 Å². The lowest BCUT2D eigenvalue weighted by molar-refractivity contribution is 0.0689. The monoisotopic (exact) mass is 263 g/mol. The Morgan fingerprint density at radius 2 is 2.11 bits per heavy atom. The Balaban J connectivity index is 2.27. The normalized spacial score (nSPS) is 11.0. The summed E-state index contributed by atoms with van der Waals surface area (Å²) in [5, 5.41) is 9.45. The highest BCUT2D eigenvalue weighted by molar-refractivity contribution is 6.32. The van der Waals surface area contributed by atoms with Crippen LogP contribution in [0.25, 0.3) is 12.2 Å². The second-order valence-corrected chi connectivity index (χ2v) is 4.02. The van der Waals surface area contributed by atoms with Gasteiger partial charge in [-0.25, -0.2) is 9.78 Å². The molecular formula is C13H10ClNO3. The van der Waals surface area contributed by atoms with Crippen molar-refractivity contribution in [2.75, 3.05) is 0 Å². The van der Waals surface area contributed by atoms with E-state index in [1.54, 1.807) is 25.1 Å². The first-order valence-electron chi connectivity index (χ1n) is 5.21. The predicted molar refractivity (Wildman–Crippen MR) is 68.6 cm³/mol. The summed E-state index contributed by atoms with van der Waals surface area (Å²) < 4.78 is 5.22. The maximum Gasteiger partial charge on any atom is 0.358 e. The van der Waals surface area contributed by atoms with Crippen molar-refractivity contribution in [3.8, 4) is 0 Å². The Bertz CT molecular complexity index is 616. The Kier molecular flexibility index (Phi) is 3.48. The van der Waals surface area contributed by atoms with Crippen LogP contribution in [0.1, 0.15) is 27.7 Å². The minimum atomic E-state index is -1.10. The lowest BCUT2D eigenvalue weighted by Crippen LogP contribution is -1.98. The van der Waals surface area contributed by atoms with E-state index in [4.69, 9.17) is 21.1 Å². The fourth-order valence-corrected chi connectivity index (χ4v) is 1.66. The topological polar surface area (TPSA) is 63.3 Å². The molecule has 1 heterocycles. The lowest BCUT2D eigenvalue weighted by atomic mass is 10.2. The molecule has 0 spiro atoms. The van der Waals surface area contributed by atoms with Crippen molar-refractivity contribution >= 4 is 29.7 Å². The van der Waals surface area contributed by atoms with Crippen molar-refractivity contribution in [1.29, 1.82) is 0 Å². The molecule has 5 heteroatoms. The van der Waals surface area contributed by atoms with Crippen LogP contribution in [0.4, 0.5) is 0 Å². The molecule has 0 saturated carbocycles. The van der Waals surface area contributed by atoms with Crippen molar-refractivity contribution in [2.45, 2.75) is 6.92 Å². The summed E-state index contributed by atoms with van der Waals surface area (Å²) in [6, 6.07) is 7.30. The number of benzene rings is 1. The van der Waals surface area contributed by atoms with Crippen LogP contribution in [0.15, 0.2) is 28.7 Å². The largest absolute Gasteiger partial charge is 0.476 e. The van der Waals surface area contributed by atoms with Crippen LogP contribution < -0.4 is 0 Å². The Labute approximate surface area is 109 Å². The molecule has 92 valence electrons. The van der Waals surface area contributed by atoms with Gasteiger partial charge in [0.2, 0.25) is 5.89 Å². The molecule has 0 fully saturated rings. The quantitative estimate of drug-likeness (QED) is 0.920. The van der Waals surface area contributed by atoms with Gasteiger partial charge in [-0.1, -0.05) is 29.8 Å². The highest BCUT2D eigenvalue weighted by Crippen LogP contribution is 2.18. The summed E-state index contributed by atoms with van der Waals surface area (Å²) in [6.45, 7) is 1.56. The molecule has 2 rings (SSSR count). The first kappa shape index (κ1) is 12.4. The highest BCUT2D eigenvalue weighted by atomic mass is 35.5. The molecule has 0 aliphatic heterocycles. The van der Waals surface area contributed by atoms with Gasteiger partial charge in [-0.3, -0.25) is 0 Å². The molecule has 0 amide bonds. The minimum absolute atomic E-state index is 0.0752. The van der Waals surface area contributed by atoms with E-state index >= 15 is 0 Å². The first-order chi connectivity index (χ1) is 8.58. The van der Waals surface area contributed by atoms with Gasteiger partial charge in [0.15, 0.2) is 5.69 Å². The fraction of sp³-hybridized carbons (Fsp3) is 0.0769. The van der Waals surface area contributed by atoms with E-state index in [0.717, 1.165) is 5.56 Å². The zero-order chi connectivity index (χ0) is 13.1.